The molecule has 3 N–H and O–H groups in total. The number of aliphatic hydroxyl groups excluding tert-OH is 1. The first-order valence-corrected chi connectivity index (χ1v) is 8.09. The Balaban J connectivity index is 0.00000191. The number of hydrogen-bond acceptors (Lipinski definition) is 5. The van der Waals surface area contributed by atoms with Crippen LogP contribution in [0.4, 0.5) is 13.2 Å². The van der Waals surface area contributed by atoms with Crippen LogP contribution in [0.1, 0.15) is 46.0 Å². The summed E-state index contributed by atoms with van der Waals surface area (Å²) in [4.78, 5) is 0. The van der Waals surface area contributed by atoms with Gasteiger partial charge in [-0.1, -0.05) is 13.8 Å². The first-order chi connectivity index (χ1) is 9.85. The highest BCUT2D eigenvalue weighted by Gasteiger charge is 2.36. The summed E-state index contributed by atoms with van der Waals surface area (Å²) < 4.78 is 49.3. The van der Waals surface area contributed by atoms with Gasteiger partial charge in [-0.25, -0.2) is 0 Å². The zero-order valence-electron chi connectivity index (χ0n) is 12.7. The first-order valence-electron chi connectivity index (χ1n) is 7.25. The van der Waals surface area contributed by atoms with Gasteiger partial charge in [0.15, 0.2) is 0 Å². The van der Waals surface area contributed by atoms with Crippen LogP contribution in [-0.4, -0.2) is 40.7 Å². The van der Waals surface area contributed by atoms with Gasteiger partial charge < -0.3 is 9.66 Å². The lowest BCUT2D eigenvalue weighted by Gasteiger charge is -2.31. The molecule has 1 aliphatic rings. The fraction of sp³-hybridized carbons (Fsp3) is 1.00. The van der Waals surface area contributed by atoms with Crippen molar-refractivity contribution in [3.63, 3.8) is 0 Å². The van der Waals surface area contributed by atoms with E-state index in [1.54, 1.807) is 7.05 Å². The van der Waals surface area contributed by atoms with Gasteiger partial charge in [0.1, 0.15) is 6.23 Å². The van der Waals surface area contributed by atoms with Gasteiger partial charge in [-0.2, -0.15) is 0 Å². The summed E-state index contributed by atoms with van der Waals surface area (Å²) in [6, 6.07) is 0. The Labute approximate surface area is 128 Å². The fourth-order valence-corrected chi connectivity index (χ4v) is 3.03. The summed E-state index contributed by atoms with van der Waals surface area (Å²) in [5, 5.41) is 11.9. The molecule has 21 heavy (non-hydrogen) atoms. The van der Waals surface area contributed by atoms with E-state index >= 15 is 0 Å². The van der Waals surface area contributed by atoms with Crippen LogP contribution < -0.4 is 5.32 Å². The lowest BCUT2D eigenvalue weighted by atomic mass is 9.84. The maximum atomic E-state index is 12.1. The standard InChI is InChI=1S/C11H20F3NO3S.C2H6/c1-15-10(16)9(19-17)6-7-2-4-8(5-3-7)18-11(12,13)14;1-2/h7-10,15-17H,2-6H2,1H3;1-2H3. The van der Waals surface area contributed by atoms with Gasteiger partial charge in [0, 0.05) is 0 Å². The molecule has 0 saturated heterocycles. The Hall–Kier alpha value is -0.0200. The van der Waals surface area contributed by atoms with E-state index in [-0.39, 0.29) is 11.2 Å². The monoisotopic (exact) mass is 333 g/mol. The maximum absolute atomic E-state index is 12.1. The molecule has 128 valence electrons. The van der Waals surface area contributed by atoms with Crippen molar-refractivity contribution in [2.45, 2.75) is 69.9 Å². The molecular formula is C13H26F3NO3S. The summed E-state index contributed by atoms with van der Waals surface area (Å²) in [6.45, 7) is 4.00. The summed E-state index contributed by atoms with van der Waals surface area (Å²) in [6.07, 6.45) is -3.61. The van der Waals surface area contributed by atoms with E-state index in [9.17, 15) is 18.3 Å². The highest BCUT2D eigenvalue weighted by Crippen LogP contribution is 2.34. The quantitative estimate of drug-likeness (QED) is 0.512. The number of nitrogens with one attached hydrogen (secondary N) is 1. The lowest BCUT2D eigenvalue weighted by Crippen LogP contribution is -2.37. The molecule has 1 fully saturated rings. The number of aliphatic hydroxyl groups is 1. The van der Waals surface area contributed by atoms with Gasteiger partial charge in [-0.05, 0) is 57.1 Å². The van der Waals surface area contributed by atoms with E-state index < -0.39 is 18.7 Å². The Bertz CT molecular complexity index is 262. The van der Waals surface area contributed by atoms with Crippen molar-refractivity contribution in [2.75, 3.05) is 7.05 Å². The molecule has 0 amide bonds. The molecule has 1 rings (SSSR count). The Morgan fingerprint density at radius 3 is 2.14 bits per heavy atom. The largest absolute Gasteiger partial charge is 0.522 e. The molecular weight excluding hydrogens is 307 g/mol. The van der Waals surface area contributed by atoms with E-state index in [1.165, 1.54) is 0 Å². The number of ether oxygens (including phenoxy) is 1. The molecule has 0 aliphatic heterocycles. The summed E-state index contributed by atoms with van der Waals surface area (Å²) in [5.74, 6) is 0.209. The number of rotatable bonds is 6. The molecule has 0 spiro atoms. The van der Waals surface area contributed by atoms with Crippen molar-refractivity contribution < 1.29 is 27.6 Å². The second kappa shape index (κ2) is 10.7. The summed E-state index contributed by atoms with van der Waals surface area (Å²) in [7, 11) is 1.59. The molecule has 2 atom stereocenters. The third-order valence-corrected chi connectivity index (χ3v) is 4.16. The van der Waals surface area contributed by atoms with E-state index in [2.05, 4.69) is 10.1 Å². The third kappa shape index (κ3) is 8.87. The van der Waals surface area contributed by atoms with Gasteiger partial charge in [-0.3, -0.25) is 10.1 Å². The molecule has 0 radical (unpaired) electrons. The first kappa shape index (κ1) is 21.0. The number of hydrogen-bond donors (Lipinski definition) is 3. The van der Waals surface area contributed by atoms with Crippen LogP contribution in [0.15, 0.2) is 0 Å². The normalized spacial score (nSPS) is 25.7. The highest BCUT2D eigenvalue weighted by molar-refractivity contribution is 7.94. The van der Waals surface area contributed by atoms with Crippen molar-refractivity contribution in [1.29, 1.82) is 0 Å². The minimum atomic E-state index is -4.57. The van der Waals surface area contributed by atoms with Crippen molar-refractivity contribution >= 4 is 12.0 Å². The molecule has 0 aromatic rings. The second-order valence-corrected chi connectivity index (χ2v) is 5.64. The van der Waals surface area contributed by atoms with Crippen molar-refractivity contribution in [1.82, 2.24) is 5.32 Å². The average Bonchev–Trinajstić information content (AvgIpc) is 2.46. The van der Waals surface area contributed by atoms with Crippen molar-refractivity contribution in [3.05, 3.63) is 0 Å². The zero-order chi connectivity index (χ0) is 16.5. The van der Waals surface area contributed by atoms with Gasteiger partial charge in [0.2, 0.25) is 0 Å². The second-order valence-electron chi connectivity index (χ2n) is 4.82. The van der Waals surface area contributed by atoms with Gasteiger partial charge in [-0.15, -0.1) is 13.2 Å². The van der Waals surface area contributed by atoms with Gasteiger partial charge >= 0.3 is 6.36 Å². The smallest absolute Gasteiger partial charge is 0.377 e. The molecule has 0 aromatic heterocycles. The average molecular weight is 333 g/mol. The fourth-order valence-electron chi connectivity index (χ4n) is 2.42. The SMILES string of the molecule is CC.CNC(O)C(CC1CCC(OC(F)(F)F)CC1)SO. The molecule has 2 unspecified atom stereocenters. The third-order valence-electron chi connectivity index (χ3n) is 3.44. The minimum absolute atomic E-state index is 0.209. The van der Waals surface area contributed by atoms with Crippen LogP contribution in [-0.2, 0) is 4.74 Å². The van der Waals surface area contributed by atoms with Crippen LogP contribution in [0.3, 0.4) is 0 Å². The molecule has 0 bridgehead atoms. The summed E-state index contributed by atoms with van der Waals surface area (Å²) in [5.41, 5.74) is 0. The molecule has 8 heteroatoms. The predicted octanol–water partition coefficient (Wildman–Crippen LogP) is 3.61. The minimum Gasteiger partial charge on any atom is -0.377 e. The molecule has 0 heterocycles. The molecule has 1 saturated carbocycles. The van der Waals surface area contributed by atoms with Crippen LogP contribution in [0, 0.1) is 5.92 Å². The summed E-state index contributed by atoms with van der Waals surface area (Å²) >= 11 is 0.583. The molecule has 4 nitrogen and oxygen atoms in total. The number of alkyl halides is 3. The van der Waals surface area contributed by atoms with E-state index in [0.29, 0.717) is 44.1 Å². The van der Waals surface area contributed by atoms with E-state index in [4.69, 9.17) is 4.55 Å². The van der Waals surface area contributed by atoms with Crippen LogP contribution in [0.2, 0.25) is 0 Å². The van der Waals surface area contributed by atoms with Gasteiger partial charge in [0.25, 0.3) is 0 Å². The topological polar surface area (TPSA) is 61.7 Å². The Kier molecular flexibility index (Phi) is 10.7. The highest BCUT2D eigenvalue weighted by atomic mass is 32.2. The Morgan fingerprint density at radius 1 is 1.24 bits per heavy atom. The van der Waals surface area contributed by atoms with Crippen LogP contribution >= 0.6 is 12.0 Å². The maximum Gasteiger partial charge on any atom is 0.522 e. The predicted molar refractivity (Wildman–Crippen MR) is 77.9 cm³/mol. The van der Waals surface area contributed by atoms with Gasteiger partial charge in [0.05, 0.1) is 11.4 Å². The van der Waals surface area contributed by atoms with Crippen LogP contribution in [0.5, 0.6) is 0 Å². The molecule has 1 aliphatic carbocycles. The van der Waals surface area contributed by atoms with Crippen LogP contribution in [0.25, 0.3) is 0 Å². The van der Waals surface area contributed by atoms with Crippen molar-refractivity contribution in [3.8, 4) is 0 Å². The van der Waals surface area contributed by atoms with E-state index in [0.717, 1.165) is 0 Å². The lowest BCUT2D eigenvalue weighted by molar-refractivity contribution is -0.345. The Morgan fingerprint density at radius 2 is 1.76 bits per heavy atom. The molecule has 0 aromatic carbocycles. The number of halogens is 3. The van der Waals surface area contributed by atoms with E-state index in [1.807, 2.05) is 13.8 Å². The van der Waals surface area contributed by atoms with Crippen molar-refractivity contribution in [2.24, 2.45) is 5.92 Å². The zero-order valence-corrected chi connectivity index (χ0v) is 13.5.